The maximum atomic E-state index is 14.1. The Balaban J connectivity index is 2.69. The summed E-state index contributed by atoms with van der Waals surface area (Å²) in [7, 11) is -2.87. The van der Waals surface area contributed by atoms with Crippen molar-refractivity contribution in [3.05, 3.63) is 96.4 Å². The van der Waals surface area contributed by atoms with Crippen LogP contribution in [0, 0.1) is 0 Å². The fourth-order valence-electron chi connectivity index (χ4n) is 2.46. The van der Waals surface area contributed by atoms with E-state index in [4.69, 9.17) is 0 Å². The van der Waals surface area contributed by atoms with Crippen LogP contribution in [0.4, 0.5) is 0 Å². The van der Waals surface area contributed by atoms with Gasteiger partial charge >= 0.3 is 0 Å². The summed E-state index contributed by atoms with van der Waals surface area (Å²) in [6.07, 6.45) is 10.9. The quantitative estimate of drug-likeness (QED) is 0.512. The van der Waals surface area contributed by atoms with E-state index in [-0.39, 0.29) is 0 Å². The van der Waals surface area contributed by atoms with Crippen LogP contribution in [0.3, 0.4) is 0 Å². The Kier molecular flexibility index (Phi) is 6.38. The molecule has 2 rings (SSSR count). The van der Waals surface area contributed by atoms with Gasteiger partial charge < -0.3 is 4.57 Å². The maximum Gasteiger partial charge on any atom is 0.171 e. The topological polar surface area (TPSA) is 17.1 Å². The van der Waals surface area contributed by atoms with Gasteiger partial charge in [0.1, 0.15) is 0 Å². The van der Waals surface area contributed by atoms with Gasteiger partial charge in [-0.2, -0.15) is 0 Å². The first-order chi connectivity index (χ1) is 11.2. The van der Waals surface area contributed by atoms with Crippen molar-refractivity contribution in [1.29, 1.82) is 0 Å². The van der Waals surface area contributed by atoms with Gasteiger partial charge in [-0.25, -0.2) is 0 Å². The van der Waals surface area contributed by atoms with Crippen molar-refractivity contribution < 1.29 is 4.57 Å². The van der Waals surface area contributed by atoms with Crippen molar-refractivity contribution in [3.63, 3.8) is 0 Å². The van der Waals surface area contributed by atoms with Crippen molar-refractivity contribution in [2.45, 2.75) is 20.3 Å². The molecule has 0 heterocycles. The minimum absolute atomic E-state index is 0.849. The van der Waals surface area contributed by atoms with E-state index >= 15 is 0 Å². The van der Waals surface area contributed by atoms with Gasteiger partial charge in [-0.3, -0.25) is 0 Å². The number of hydrogen-bond donors (Lipinski definition) is 0. The zero-order chi connectivity index (χ0) is 16.5. The van der Waals surface area contributed by atoms with Crippen LogP contribution in [0.1, 0.15) is 20.3 Å². The minimum Gasteiger partial charge on any atom is -0.309 e. The molecule has 0 aliphatic rings. The van der Waals surface area contributed by atoms with Crippen molar-refractivity contribution >= 4 is 17.8 Å². The lowest BCUT2D eigenvalue weighted by atomic mass is 10.3. The molecule has 0 aromatic heterocycles. The molecule has 0 spiro atoms. The lowest BCUT2D eigenvalue weighted by Gasteiger charge is -2.20. The summed E-state index contributed by atoms with van der Waals surface area (Å²) < 4.78 is 14.1. The zero-order valence-electron chi connectivity index (χ0n) is 13.7. The van der Waals surface area contributed by atoms with Crippen molar-refractivity contribution in [3.8, 4) is 0 Å². The van der Waals surface area contributed by atoms with Crippen LogP contribution in [0.15, 0.2) is 96.4 Å². The molecule has 2 aromatic carbocycles. The molecule has 0 radical (unpaired) electrons. The van der Waals surface area contributed by atoms with E-state index in [9.17, 15) is 4.57 Å². The van der Waals surface area contributed by atoms with E-state index in [2.05, 4.69) is 13.0 Å². The number of hydrogen-bond acceptors (Lipinski definition) is 1. The monoisotopic (exact) mass is 322 g/mol. The molecule has 2 heteroatoms. The SMILES string of the molecule is C\C=C/C(=C\C=C/CC)P(=O)(c1ccccc1)c1ccccc1. The van der Waals surface area contributed by atoms with Gasteiger partial charge in [0, 0.05) is 15.9 Å². The molecule has 0 aliphatic carbocycles. The number of rotatable bonds is 6. The van der Waals surface area contributed by atoms with E-state index in [1.807, 2.05) is 91.9 Å². The molecule has 0 unspecified atom stereocenters. The fourth-order valence-corrected chi connectivity index (χ4v) is 5.20. The van der Waals surface area contributed by atoms with Crippen LogP contribution in [0.2, 0.25) is 0 Å². The molecule has 0 aliphatic heterocycles. The molecule has 1 nitrogen and oxygen atoms in total. The van der Waals surface area contributed by atoms with Crippen molar-refractivity contribution in [2.75, 3.05) is 0 Å². The predicted molar refractivity (Wildman–Crippen MR) is 102 cm³/mol. The van der Waals surface area contributed by atoms with Crippen LogP contribution in [-0.4, -0.2) is 0 Å². The third kappa shape index (κ3) is 4.00. The molecule has 0 fully saturated rings. The first-order valence-corrected chi connectivity index (χ1v) is 9.65. The Morgan fingerprint density at radius 2 is 1.48 bits per heavy atom. The van der Waals surface area contributed by atoms with E-state index in [1.54, 1.807) is 0 Å². The summed E-state index contributed by atoms with van der Waals surface area (Å²) in [6.45, 7) is 4.05. The Hall–Kier alpha value is -2.11. The average Bonchev–Trinajstić information content (AvgIpc) is 2.62. The van der Waals surface area contributed by atoms with Crippen molar-refractivity contribution in [2.24, 2.45) is 0 Å². The van der Waals surface area contributed by atoms with Gasteiger partial charge in [-0.1, -0.05) is 98.0 Å². The van der Waals surface area contributed by atoms with Gasteiger partial charge in [0.15, 0.2) is 7.14 Å². The Labute approximate surface area is 139 Å². The van der Waals surface area contributed by atoms with Gasteiger partial charge in [-0.15, -0.1) is 0 Å². The predicted octanol–water partition coefficient (Wildman–Crippen LogP) is 5.43. The Morgan fingerprint density at radius 1 is 0.957 bits per heavy atom. The van der Waals surface area contributed by atoms with E-state index in [1.165, 1.54) is 0 Å². The van der Waals surface area contributed by atoms with Gasteiger partial charge in [-0.05, 0) is 13.3 Å². The molecule has 2 aromatic rings. The van der Waals surface area contributed by atoms with Crippen molar-refractivity contribution in [1.82, 2.24) is 0 Å². The summed E-state index contributed by atoms with van der Waals surface area (Å²) in [5, 5.41) is 2.57. The highest BCUT2D eigenvalue weighted by Crippen LogP contribution is 2.52. The molecular formula is C21H23OP. The first kappa shape index (κ1) is 17.2. The zero-order valence-corrected chi connectivity index (χ0v) is 14.6. The lowest BCUT2D eigenvalue weighted by Crippen LogP contribution is -2.16. The molecular weight excluding hydrogens is 299 g/mol. The smallest absolute Gasteiger partial charge is 0.171 e. The average molecular weight is 322 g/mol. The molecule has 0 atom stereocenters. The highest BCUT2D eigenvalue weighted by Gasteiger charge is 2.29. The molecule has 0 amide bonds. The molecule has 23 heavy (non-hydrogen) atoms. The highest BCUT2D eigenvalue weighted by molar-refractivity contribution is 7.82. The minimum atomic E-state index is -2.87. The lowest BCUT2D eigenvalue weighted by molar-refractivity contribution is 0.591. The number of allylic oxidation sites excluding steroid dienone is 6. The van der Waals surface area contributed by atoms with Crippen LogP contribution < -0.4 is 10.6 Å². The summed E-state index contributed by atoms with van der Waals surface area (Å²) in [4.78, 5) is 0. The van der Waals surface area contributed by atoms with E-state index in [0.29, 0.717) is 0 Å². The van der Waals surface area contributed by atoms with Gasteiger partial charge in [0.25, 0.3) is 0 Å². The second kappa shape index (κ2) is 8.50. The summed E-state index contributed by atoms with van der Waals surface area (Å²) in [5.74, 6) is 0. The highest BCUT2D eigenvalue weighted by atomic mass is 31.2. The first-order valence-electron chi connectivity index (χ1n) is 7.94. The molecule has 0 bridgehead atoms. The van der Waals surface area contributed by atoms with E-state index in [0.717, 1.165) is 22.3 Å². The van der Waals surface area contributed by atoms with Crippen LogP contribution in [-0.2, 0) is 4.57 Å². The Bertz CT molecular complexity index is 696. The van der Waals surface area contributed by atoms with Gasteiger partial charge in [0.2, 0.25) is 0 Å². The second-order valence-electron chi connectivity index (χ2n) is 5.21. The number of benzene rings is 2. The fraction of sp³-hybridized carbons (Fsp3) is 0.143. The van der Waals surface area contributed by atoms with Crippen LogP contribution in [0.5, 0.6) is 0 Å². The van der Waals surface area contributed by atoms with E-state index < -0.39 is 7.14 Å². The van der Waals surface area contributed by atoms with Crippen LogP contribution in [0.25, 0.3) is 0 Å². The largest absolute Gasteiger partial charge is 0.309 e. The standard InChI is InChI=1S/C21H23OP/c1-3-5-8-14-19(13-4-2)23(22,20-15-9-6-10-16-20)21-17-11-7-12-18-21/h4-18H,3H2,1-2H3/b8-5-,13-4-,19-14+. The third-order valence-corrected chi connectivity index (χ3v) is 6.66. The Morgan fingerprint density at radius 3 is 1.91 bits per heavy atom. The summed E-state index contributed by atoms with van der Waals surface area (Å²) >= 11 is 0. The second-order valence-corrected chi connectivity index (χ2v) is 7.98. The van der Waals surface area contributed by atoms with Gasteiger partial charge in [0.05, 0.1) is 0 Å². The third-order valence-electron chi connectivity index (χ3n) is 3.58. The maximum absolute atomic E-state index is 14.1. The molecule has 0 saturated carbocycles. The molecule has 0 N–H and O–H groups in total. The summed E-state index contributed by atoms with van der Waals surface area (Å²) in [5.41, 5.74) is 0. The van der Waals surface area contributed by atoms with Crippen LogP contribution >= 0.6 is 7.14 Å². The summed E-state index contributed by atoms with van der Waals surface area (Å²) in [6, 6.07) is 19.5. The molecule has 118 valence electrons. The molecule has 0 saturated heterocycles. The normalized spacial score (nSPS) is 13.0.